The molecule has 1 aliphatic rings. The van der Waals surface area contributed by atoms with Gasteiger partial charge in [0.05, 0.1) is 10.2 Å². The first-order valence-electron chi connectivity index (χ1n) is 6.40. The van der Waals surface area contributed by atoms with Gasteiger partial charge in [-0.05, 0) is 64.9 Å². The minimum Gasteiger partial charge on any atom is -0.506 e. The lowest BCUT2D eigenvalue weighted by Crippen LogP contribution is -2.04. The fourth-order valence-corrected chi connectivity index (χ4v) is 3.27. The number of fused-ring (bicyclic) bond motifs is 1. The molecule has 1 aliphatic carbocycles. The number of hydrogen-bond acceptors (Lipinski definition) is 3. The van der Waals surface area contributed by atoms with Gasteiger partial charge in [-0.15, -0.1) is 0 Å². The summed E-state index contributed by atoms with van der Waals surface area (Å²) in [6.07, 6.45) is 4.17. The van der Waals surface area contributed by atoms with Crippen LogP contribution in [0.2, 0.25) is 0 Å². The highest BCUT2D eigenvalue weighted by Crippen LogP contribution is 2.41. The highest BCUT2D eigenvalue weighted by Gasteiger charge is 2.21. The molecule has 0 fully saturated rings. The third-order valence-corrected chi connectivity index (χ3v) is 4.50. The summed E-state index contributed by atoms with van der Waals surface area (Å²) in [6.45, 7) is 0. The average molecular weight is 337 g/mol. The van der Waals surface area contributed by atoms with Crippen LogP contribution >= 0.6 is 15.9 Å². The minimum atomic E-state index is -1.07. The number of H-pyrrole nitrogens is 1. The first-order chi connectivity index (χ1) is 9.58. The largest absolute Gasteiger partial charge is 0.506 e. The third-order valence-electron chi connectivity index (χ3n) is 3.64. The van der Waals surface area contributed by atoms with Crippen LogP contribution in [0.5, 0.6) is 5.75 Å². The molecule has 1 aromatic carbocycles. The van der Waals surface area contributed by atoms with Gasteiger partial charge in [-0.1, -0.05) is 0 Å². The Hall–Kier alpha value is -1.82. The number of aryl methyl sites for hydroxylation is 1. The SMILES string of the molecule is O=C(O)c1cc(-c2cc3c(c(Br)c2O)CCCC3)n[nH]1. The zero-order valence-corrected chi connectivity index (χ0v) is 12.2. The second kappa shape index (κ2) is 4.94. The van der Waals surface area contributed by atoms with Crippen molar-refractivity contribution in [2.75, 3.05) is 0 Å². The molecule has 0 spiro atoms. The fourth-order valence-electron chi connectivity index (χ4n) is 2.61. The van der Waals surface area contributed by atoms with Crippen LogP contribution in [0.15, 0.2) is 16.6 Å². The van der Waals surface area contributed by atoms with Gasteiger partial charge in [-0.3, -0.25) is 5.10 Å². The summed E-state index contributed by atoms with van der Waals surface area (Å²) in [4.78, 5) is 10.9. The van der Waals surface area contributed by atoms with E-state index in [2.05, 4.69) is 26.1 Å². The summed E-state index contributed by atoms with van der Waals surface area (Å²) >= 11 is 3.45. The van der Waals surface area contributed by atoms with E-state index in [1.807, 2.05) is 6.07 Å². The van der Waals surface area contributed by atoms with Gasteiger partial charge in [-0.2, -0.15) is 5.10 Å². The number of phenolic OH excluding ortho intramolecular Hbond substituents is 1. The Bertz CT molecular complexity index is 694. The number of halogens is 1. The summed E-state index contributed by atoms with van der Waals surface area (Å²) < 4.78 is 0.699. The molecule has 0 atom stereocenters. The average Bonchev–Trinajstić information content (AvgIpc) is 2.92. The number of rotatable bonds is 2. The van der Waals surface area contributed by atoms with E-state index in [4.69, 9.17) is 5.11 Å². The zero-order valence-electron chi connectivity index (χ0n) is 10.6. The van der Waals surface area contributed by atoms with E-state index in [0.29, 0.717) is 15.7 Å². The smallest absolute Gasteiger partial charge is 0.353 e. The van der Waals surface area contributed by atoms with Gasteiger partial charge in [0.2, 0.25) is 0 Å². The highest BCUT2D eigenvalue weighted by molar-refractivity contribution is 9.10. The van der Waals surface area contributed by atoms with Gasteiger partial charge in [-0.25, -0.2) is 4.79 Å². The molecule has 3 N–H and O–H groups in total. The molecule has 0 bridgehead atoms. The maximum Gasteiger partial charge on any atom is 0.353 e. The lowest BCUT2D eigenvalue weighted by Gasteiger charge is -2.19. The van der Waals surface area contributed by atoms with Gasteiger partial charge in [0.15, 0.2) is 0 Å². The molecule has 2 aromatic rings. The number of hydrogen-bond donors (Lipinski definition) is 3. The van der Waals surface area contributed by atoms with Crippen LogP contribution in [0, 0.1) is 0 Å². The zero-order chi connectivity index (χ0) is 14.3. The molecule has 6 heteroatoms. The number of aromatic carboxylic acids is 1. The molecule has 5 nitrogen and oxygen atoms in total. The molecule has 0 amide bonds. The first kappa shape index (κ1) is 13.2. The van der Waals surface area contributed by atoms with Crippen LogP contribution in [0.4, 0.5) is 0 Å². The normalized spacial score (nSPS) is 14.1. The van der Waals surface area contributed by atoms with Gasteiger partial charge >= 0.3 is 5.97 Å². The van der Waals surface area contributed by atoms with Gasteiger partial charge in [0.1, 0.15) is 11.4 Å². The second-order valence-corrected chi connectivity index (χ2v) is 5.70. The van der Waals surface area contributed by atoms with E-state index in [1.165, 1.54) is 11.6 Å². The van der Waals surface area contributed by atoms with E-state index in [0.717, 1.165) is 31.2 Å². The number of aromatic nitrogens is 2. The Morgan fingerprint density at radius 3 is 2.75 bits per heavy atom. The number of nitrogens with zero attached hydrogens (tertiary/aromatic N) is 1. The predicted octanol–water partition coefficient (Wildman–Crippen LogP) is 3.12. The van der Waals surface area contributed by atoms with Crippen LogP contribution in [0.3, 0.4) is 0 Å². The van der Waals surface area contributed by atoms with Crippen molar-refractivity contribution in [1.29, 1.82) is 0 Å². The van der Waals surface area contributed by atoms with Crippen molar-refractivity contribution >= 4 is 21.9 Å². The number of phenols is 1. The maximum absolute atomic E-state index is 10.9. The second-order valence-electron chi connectivity index (χ2n) is 4.90. The Kier molecular flexibility index (Phi) is 3.25. The van der Waals surface area contributed by atoms with E-state index in [9.17, 15) is 9.90 Å². The number of aromatic hydroxyl groups is 1. The van der Waals surface area contributed by atoms with E-state index >= 15 is 0 Å². The highest BCUT2D eigenvalue weighted by atomic mass is 79.9. The lowest BCUT2D eigenvalue weighted by molar-refractivity contribution is 0.0690. The van der Waals surface area contributed by atoms with Crippen LogP contribution in [0.25, 0.3) is 11.3 Å². The Morgan fingerprint density at radius 2 is 2.05 bits per heavy atom. The number of carboxylic acid groups (broad SMARTS) is 1. The molecule has 0 unspecified atom stereocenters. The number of nitrogens with one attached hydrogen (secondary N) is 1. The molecule has 3 rings (SSSR count). The maximum atomic E-state index is 10.9. The summed E-state index contributed by atoms with van der Waals surface area (Å²) in [6, 6.07) is 3.34. The number of carboxylic acids is 1. The topological polar surface area (TPSA) is 86.2 Å². The Morgan fingerprint density at radius 1 is 1.30 bits per heavy atom. The van der Waals surface area contributed by atoms with E-state index < -0.39 is 5.97 Å². The molecule has 1 heterocycles. The van der Waals surface area contributed by atoms with Crippen LogP contribution in [-0.4, -0.2) is 26.4 Å². The monoisotopic (exact) mass is 336 g/mol. The molecule has 0 radical (unpaired) electrons. The van der Waals surface area contributed by atoms with Crippen molar-refractivity contribution in [3.05, 3.63) is 33.4 Å². The molecule has 1 aromatic heterocycles. The van der Waals surface area contributed by atoms with Gasteiger partial charge < -0.3 is 10.2 Å². The third kappa shape index (κ3) is 2.10. The molecule has 0 saturated heterocycles. The Labute approximate surface area is 123 Å². The van der Waals surface area contributed by atoms with E-state index in [-0.39, 0.29) is 11.4 Å². The summed E-state index contributed by atoms with van der Waals surface area (Å²) in [5.74, 6) is -0.950. The minimum absolute atomic E-state index is 0.00763. The quantitative estimate of drug-likeness (QED) is 0.786. The Balaban J connectivity index is 2.13. The number of aromatic amines is 1. The fraction of sp³-hybridized carbons (Fsp3) is 0.286. The lowest BCUT2D eigenvalue weighted by atomic mass is 9.89. The van der Waals surface area contributed by atoms with Crippen molar-refractivity contribution < 1.29 is 15.0 Å². The molecular formula is C14H13BrN2O3. The summed E-state index contributed by atoms with van der Waals surface area (Å²) in [5, 5.41) is 25.7. The van der Waals surface area contributed by atoms with Crippen molar-refractivity contribution in [1.82, 2.24) is 10.2 Å². The van der Waals surface area contributed by atoms with Crippen LogP contribution in [0.1, 0.15) is 34.5 Å². The van der Waals surface area contributed by atoms with Crippen molar-refractivity contribution in [2.24, 2.45) is 0 Å². The van der Waals surface area contributed by atoms with Crippen molar-refractivity contribution in [3.63, 3.8) is 0 Å². The van der Waals surface area contributed by atoms with E-state index in [1.54, 1.807) is 0 Å². The van der Waals surface area contributed by atoms with Crippen LogP contribution in [-0.2, 0) is 12.8 Å². The van der Waals surface area contributed by atoms with Gasteiger partial charge in [0, 0.05) is 5.56 Å². The van der Waals surface area contributed by atoms with Gasteiger partial charge in [0.25, 0.3) is 0 Å². The molecule has 0 saturated carbocycles. The molecular weight excluding hydrogens is 324 g/mol. The molecule has 20 heavy (non-hydrogen) atoms. The number of benzene rings is 1. The standard InChI is InChI=1S/C14H13BrN2O3/c15-12-8-4-2-1-3-7(8)5-9(13(12)18)10-6-11(14(19)20)17-16-10/h5-6,18H,1-4H2,(H,16,17)(H,19,20). The van der Waals surface area contributed by atoms with Crippen LogP contribution < -0.4 is 0 Å². The molecule has 0 aliphatic heterocycles. The predicted molar refractivity (Wildman–Crippen MR) is 77.0 cm³/mol. The number of carbonyl (C=O) groups is 1. The summed E-state index contributed by atoms with van der Waals surface area (Å²) in [7, 11) is 0. The van der Waals surface area contributed by atoms with Crippen molar-refractivity contribution in [2.45, 2.75) is 25.7 Å². The molecule has 104 valence electrons. The first-order valence-corrected chi connectivity index (χ1v) is 7.19. The summed E-state index contributed by atoms with van der Waals surface area (Å²) in [5.41, 5.74) is 3.34. The van der Waals surface area contributed by atoms with Crippen molar-refractivity contribution in [3.8, 4) is 17.0 Å².